The first-order chi connectivity index (χ1) is 20.5. The molecule has 7 aromatic heterocycles. The number of fused-ring (bicyclic) bond motifs is 1. The van der Waals surface area contributed by atoms with Gasteiger partial charge in [-0.2, -0.15) is 0 Å². The molecule has 0 unspecified atom stereocenters. The van der Waals surface area contributed by atoms with Gasteiger partial charge in [0.2, 0.25) is 0 Å². The summed E-state index contributed by atoms with van der Waals surface area (Å²) < 4.78 is 0. The Bertz CT molecular complexity index is 1130. The third-order valence-electron chi connectivity index (χ3n) is 4.46. The molecule has 0 bridgehead atoms. The molecule has 8 aromatic rings. The van der Waals surface area contributed by atoms with Crippen LogP contribution < -0.4 is 0 Å². The highest BCUT2D eigenvalue weighted by molar-refractivity contribution is 5.76. The maximum atomic E-state index is 4.07. The number of H-pyrrole nitrogens is 5. The third-order valence-corrected chi connectivity index (χ3v) is 4.46. The molecule has 8 rings (SSSR count). The summed E-state index contributed by atoms with van der Waals surface area (Å²) >= 11 is 0. The molecule has 0 saturated heterocycles. The van der Waals surface area contributed by atoms with Crippen molar-refractivity contribution >= 4 is 10.9 Å². The number of nitrogens with one attached hydrogen (secondary N) is 5. The van der Waals surface area contributed by atoms with Crippen LogP contribution in [-0.2, 0) is 0 Å². The zero-order valence-electron chi connectivity index (χ0n) is 22.7. The summed E-state index contributed by atoms with van der Waals surface area (Å²) in [4.78, 5) is 26.1. The highest BCUT2D eigenvalue weighted by atomic mass is 14.8. The van der Waals surface area contributed by atoms with Gasteiger partial charge in [0.15, 0.2) is 0 Å². The zero-order valence-corrected chi connectivity index (χ0v) is 22.7. The van der Waals surface area contributed by atoms with Gasteiger partial charge in [0.1, 0.15) is 6.33 Å². The molecule has 0 aliphatic rings. The smallest absolute Gasteiger partial charge is 0.116 e. The molecular formula is C33H36N8. The average molecular weight is 545 g/mol. The Morgan fingerprint density at radius 3 is 1.02 bits per heavy atom. The Labute approximate surface area is 240 Å². The largest absolute Gasteiger partial charge is 0.368 e. The SMILES string of the molecule is c1cc[nH]c1.c1cc[nH]c1.c1cc[nH]c1.c1cc[nH]c1.c1cc[nH]c1.c1ccc2ncncc2c1.c1ccncc1. The second-order valence-electron chi connectivity index (χ2n) is 7.53. The third kappa shape index (κ3) is 18.9. The van der Waals surface area contributed by atoms with Crippen LogP contribution in [0.1, 0.15) is 0 Å². The van der Waals surface area contributed by atoms with E-state index in [4.69, 9.17) is 0 Å². The standard InChI is InChI=1S/C8H6N2.C5H5N.5C4H5N/c1-2-4-8-7(3-1)5-9-6-10-8;1-2-4-6-5-3-1;5*1-2-4-5-3-1/h1-6H;1-5H;5*1-5H. The van der Waals surface area contributed by atoms with Gasteiger partial charge in [-0.1, -0.05) is 24.3 Å². The fourth-order valence-electron chi connectivity index (χ4n) is 2.62. The van der Waals surface area contributed by atoms with Crippen LogP contribution in [-0.4, -0.2) is 39.9 Å². The minimum absolute atomic E-state index is 0.998. The van der Waals surface area contributed by atoms with Crippen molar-refractivity contribution in [1.82, 2.24) is 39.9 Å². The Hall–Kier alpha value is -5.89. The highest BCUT2D eigenvalue weighted by Gasteiger charge is 1.87. The molecule has 0 radical (unpaired) electrons. The van der Waals surface area contributed by atoms with Crippen molar-refractivity contribution in [2.24, 2.45) is 0 Å². The van der Waals surface area contributed by atoms with Gasteiger partial charge in [-0.3, -0.25) is 4.98 Å². The number of benzene rings is 1. The molecule has 0 spiro atoms. The number of para-hydroxylation sites is 1. The fraction of sp³-hybridized carbons (Fsp3) is 0. The Balaban J connectivity index is 0.000000171. The lowest BCUT2D eigenvalue weighted by molar-refractivity contribution is 1.22. The van der Waals surface area contributed by atoms with Gasteiger partial charge in [-0.25, -0.2) is 9.97 Å². The molecule has 8 heteroatoms. The second kappa shape index (κ2) is 24.4. The number of rotatable bonds is 0. The van der Waals surface area contributed by atoms with E-state index in [0.29, 0.717) is 0 Å². The van der Waals surface area contributed by atoms with E-state index in [0.717, 1.165) is 10.9 Å². The van der Waals surface area contributed by atoms with Crippen LogP contribution >= 0.6 is 0 Å². The number of hydrogen-bond acceptors (Lipinski definition) is 3. The lowest BCUT2D eigenvalue weighted by atomic mass is 10.2. The van der Waals surface area contributed by atoms with Crippen LogP contribution in [0.3, 0.4) is 0 Å². The molecule has 0 saturated carbocycles. The predicted octanol–water partition coefficient (Wildman–Crippen LogP) is 7.78. The van der Waals surface area contributed by atoms with E-state index in [1.54, 1.807) is 18.7 Å². The van der Waals surface area contributed by atoms with Crippen LogP contribution in [0.5, 0.6) is 0 Å². The topological polar surface area (TPSA) is 118 Å². The van der Waals surface area contributed by atoms with Crippen LogP contribution in [0.15, 0.2) is 190 Å². The van der Waals surface area contributed by atoms with Crippen LogP contribution in [0.2, 0.25) is 0 Å². The second-order valence-corrected chi connectivity index (χ2v) is 7.53. The molecule has 41 heavy (non-hydrogen) atoms. The van der Waals surface area contributed by atoms with Crippen molar-refractivity contribution in [2.45, 2.75) is 0 Å². The van der Waals surface area contributed by atoms with Crippen molar-refractivity contribution in [1.29, 1.82) is 0 Å². The summed E-state index contributed by atoms with van der Waals surface area (Å²) in [6, 6.07) is 33.1. The van der Waals surface area contributed by atoms with E-state index in [1.807, 2.05) is 171 Å². The fourth-order valence-corrected chi connectivity index (χ4v) is 2.62. The van der Waals surface area contributed by atoms with Gasteiger partial charge in [0.25, 0.3) is 0 Å². The van der Waals surface area contributed by atoms with E-state index < -0.39 is 0 Å². The molecular weight excluding hydrogens is 508 g/mol. The molecule has 5 N–H and O–H groups in total. The summed E-state index contributed by atoms with van der Waals surface area (Å²) in [5, 5.41) is 1.09. The molecule has 7 heterocycles. The van der Waals surface area contributed by atoms with Gasteiger partial charge < -0.3 is 24.9 Å². The molecule has 0 amide bonds. The minimum Gasteiger partial charge on any atom is -0.368 e. The van der Waals surface area contributed by atoms with Crippen molar-refractivity contribution in [3.05, 3.63) is 190 Å². The van der Waals surface area contributed by atoms with E-state index in [2.05, 4.69) is 39.9 Å². The lowest BCUT2D eigenvalue weighted by Crippen LogP contribution is -1.77. The van der Waals surface area contributed by atoms with Crippen LogP contribution in [0.4, 0.5) is 0 Å². The Morgan fingerprint density at radius 1 is 0.366 bits per heavy atom. The Kier molecular flexibility index (Phi) is 18.7. The highest BCUT2D eigenvalue weighted by Crippen LogP contribution is 2.06. The molecule has 0 fully saturated rings. The van der Waals surface area contributed by atoms with Crippen LogP contribution in [0.25, 0.3) is 10.9 Å². The van der Waals surface area contributed by atoms with Gasteiger partial charge in [-0.05, 0) is 78.9 Å². The van der Waals surface area contributed by atoms with Crippen molar-refractivity contribution in [3.63, 3.8) is 0 Å². The van der Waals surface area contributed by atoms with E-state index in [-0.39, 0.29) is 0 Å². The quantitative estimate of drug-likeness (QED) is 0.134. The van der Waals surface area contributed by atoms with E-state index in [9.17, 15) is 0 Å². The first kappa shape index (κ1) is 31.3. The van der Waals surface area contributed by atoms with Crippen molar-refractivity contribution in [2.75, 3.05) is 0 Å². The zero-order chi connectivity index (χ0) is 28.7. The normalized spacial score (nSPS) is 8.49. The summed E-state index contributed by atoms with van der Waals surface area (Å²) in [6.07, 6.45) is 25.6. The number of nitrogens with zero attached hydrogens (tertiary/aromatic N) is 3. The summed E-state index contributed by atoms with van der Waals surface area (Å²) in [5.74, 6) is 0. The molecule has 8 nitrogen and oxygen atoms in total. The first-order valence-corrected chi connectivity index (χ1v) is 12.9. The summed E-state index contributed by atoms with van der Waals surface area (Å²) in [6.45, 7) is 0. The predicted molar refractivity (Wildman–Crippen MR) is 168 cm³/mol. The van der Waals surface area contributed by atoms with Gasteiger partial charge in [-0.15, -0.1) is 0 Å². The molecule has 208 valence electrons. The van der Waals surface area contributed by atoms with E-state index >= 15 is 0 Å². The summed E-state index contributed by atoms with van der Waals surface area (Å²) in [5.41, 5.74) is 0.998. The Morgan fingerprint density at radius 2 is 0.756 bits per heavy atom. The minimum atomic E-state index is 0.998. The van der Waals surface area contributed by atoms with Crippen molar-refractivity contribution in [3.8, 4) is 0 Å². The maximum absolute atomic E-state index is 4.07. The molecule has 0 aliphatic carbocycles. The van der Waals surface area contributed by atoms with Gasteiger partial charge >= 0.3 is 0 Å². The number of aromatic amines is 5. The number of aromatic nitrogens is 8. The van der Waals surface area contributed by atoms with Crippen LogP contribution in [0, 0.1) is 0 Å². The lowest BCUT2D eigenvalue weighted by Gasteiger charge is -1.90. The molecule has 0 atom stereocenters. The first-order valence-electron chi connectivity index (χ1n) is 12.9. The van der Waals surface area contributed by atoms with Crippen molar-refractivity contribution < 1.29 is 0 Å². The van der Waals surface area contributed by atoms with Gasteiger partial charge in [0, 0.05) is 85.9 Å². The monoisotopic (exact) mass is 544 g/mol. The summed E-state index contributed by atoms with van der Waals surface area (Å²) in [7, 11) is 0. The number of pyridine rings is 1. The average Bonchev–Trinajstić information content (AvgIpc) is 3.93. The van der Waals surface area contributed by atoms with E-state index in [1.165, 1.54) is 0 Å². The van der Waals surface area contributed by atoms with Gasteiger partial charge in [0.05, 0.1) is 5.52 Å². The maximum Gasteiger partial charge on any atom is 0.116 e. The number of hydrogen-bond donors (Lipinski definition) is 5. The molecule has 1 aromatic carbocycles. The molecule has 0 aliphatic heterocycles.